The zero-order chi connectivity index (χ0) is 19.6. The van der Waals surface area contributed by atoms with Crippen LogP contribution in [0.15, 0.2) is 30.3 Å². The first-order valence-corrected chi connectivity index (χ1v) is 9.42. The van der Waals surface area contributed by atoms with Gasteiger partial charge in [-0.1, -0.05) is 23.2 Å². The molecule has 2 aromatic carbocycles. The quantitative estimate of drug-likeness (QED) is 0.796. The van der Waals surface area contributed by atoms with Gasteiger partial charge in [0.25, 0.3) is 0 Å². The smallest absolute Gasteiger partial charge is 0.241 e. The van der Waals surface area contributed by atoms with E-state index in [9.17, 15) is 4.79 Å². The van der Waals surface area contributed by atoms with Gasteiger partial charge >= 0.3 is 0 Å². The molecule has 0 fully saturated rings. The lowest BCUT2D eigenvalue weighted by molar-refractivity contribution is -0.121. The van der Waals surface area contributed by atoms with Crippen molar-refractivity contribution in [2.45, 2.75) is 25.9 Å². The first-order chi connectivity index (χ1) is 12.9. The normalized spacial score (nSPS) is 15.0. The lowest BCUT2D eigenvalue weighted by Crippen LogP contribution is -2.44. The van der Waals surface area contributed by atoms with Crippen molar-refractivity contribution in [3.8, 4) is 11.5 Å². The number of anilines is 1. The van der Waals surface area contributed by atoms with E-state index in [1.54, 1.807) is 32.4 Å². The van der Waals surface area contributed by atoms with Gasteiger partial charge in [-0.05, 0) is 54.8 Å². The van der Waals surface area contributed by atoms with Crippen molar-refractivity contribution in [2.24, 2.45) is 0 Å². The van der Waals surface area contributed by atoms with E-state index in [0.29, 0.717) is 28.0 Å². The van der Waals surface area contributed by atoms with Crippen molar-refractivity contribution in [3.63, 3.8) is 0 Å². The number of hydrogen-bond donors (Lipinski definition) is 1. The highest BCUT2D eigenvalue weighted by molar-refractivity contribution is 6.35. The Hall–Kier alpha value is -1.95. The van der Waals surface area contributed by atoms with Crippen molar-refractivity contribution >= 4 is 34.8 Å². The molecule has 1 aliphatic rings. The summed E-state index contributed by atoms with van der Waals surface area (Å²) in [6.07, 6.45) is 0.839. The molecule has 1 heterocycles. The molecule has 0 aromatic heterocycles. The summed E-state index contributed by atoms with van der Waals surface area (Å²) in [5.41, 5.74) is 2.87. The number of methoxy groups -OCH3 is 2. The number of rotatable bonds is 5. The maximum atomic E-state index is 12.7. The number of carbonyl (C=O) groups is 1. The number of fused-ring (bicyclic) bond motifs is 1. The Morgan fingerprint density at radius 1 is 1.11 bits per heavy atom. The van der Waals surface area contributed by atoms with E-state index in [-0.39, 0.29) is 11.9 Å². The summed E-state index contributed by atoms with van der Waals surface area (Å²) in [7, 11) is 3.25. The number of carbonyl (C=O) groups excluding carboxylic acids is 1. The molecule has 1 N–H and O–H groups in total. The molecular weight excluding hydrogens is 387 g/mol. The van der Waals surface area contributed by atoms with Crippen LogP contribution in [0.3, 0.4) is 0 Å². The number of halogens is 2. The third-order valence-electron chi connectivity index (χ3n) is 4.86. The molecule has 2 aromatic rings. The van der Waals surface area contributed by atoms with Crippen LogP contribution in [0, 0.1) is 0 Å². The molecule has 7 heteroatoms. The maximum absolute atomic E-state index is 12.7. The molecule has 5 nitrogen and oxygen atoms in total. The SMILES string of the molecule is COc1cc2c(cc1OC)CN([C@@H](C)C(=O)Nc1cc(Cl)ccc1Cl)CC2. The minimum absolute atomic E-state index is 0.122. The molecular formula is C20H22Cl2N2O3. The third kappa shape index (κ3) is 4.32. The van der Waals surface area contributed by atoms with Crippen LogP contribution < -0.4 is 14.8 Å². The average molecular weight is 409 g/mol. The second-order valence-corrected chi connectivity index (χ2v) is 7.33. The van der Waals surface area contributed by atoms with Crippen LogP contribution in [-0.4, -0.2) is 37.6 Å². The molecule has 1 amide bonds. The fourth-order valence-electron chi connectivity index (χ4n) is 3.23. The third-order valence-corrected chi connectivity index (χ3v) is 5.43. The summed E-state index contributed by atoms with van der Waals surface area (Å²) in [5.74, 6) is 1.30. The van der Waals surface area contributed by atoms with E-state index in [0.717, 1.165) is 24.3 Å². The van der Waals surface area contributed by atoms with Crippen molar-refractivity contribution in [1.29, 1.82) is 0 Å². The Balaban J connectivity index is 1.74. The molecule has 0 saturated carbocycles. The van der Waals surface area contributed by atoms with Gasteiger partial charge in [-0.25, -0.2) is 0 Å². The summed E-state index contributed by atoms with van der Waals surface area (Å²) < 4.78 is 10.8. The summed E-state index contributed by atoms with van der Waals surface area (Å²) in [6.45, 7) is 3.33. The minimum atomic E-state index is -0.318. The van der Waals surface area contributed by atoms with Crippen LogP contribution in [0.4, 0.5) is 5.69 Å². The highest BCUT2D eigenvalue weighted by Gasteiger charge is 2.27. The van der Waals surface area contributed by atoms with Crippen LogP contribution in [0.1, 0.15) is 18.1 Å². The topological polar surface area (TPSA) is 50.8 Å². The van der Waals surface area contributed by atoms with Gasteiger partial charge in [0.15, 0.2) is 11.5 Å². The lowest BCUT2D eigenvalue weighted by Gasteiger charge is -2.33. The van der Waals surface area contributed by atoms with Crippen molar-refractivity contribution in [2.75, 3.05) is 26.1 Å². The highest BCUT2D eigenvalue weighted by Crippen LogP contribution is 2.34. The largest absolute Gasteiger partial charge is 0.493 e. The van der Waals surface area contributed by atoms with Gasteiger partial charge < -0.3 is 14.8 Å². The van der Waals surface area contributed by atoms with Crippen molar-refractivity contribution in [3.05, 3.63) is 51.5 Å². The number of hydrogen-bond acceptors (Lipinski definition) is 4. The predicted octanol–water partition coefficient (Wildman–Crippen LogP) is 4.40. The van der Waals surface area contributed by atoms with E-state index in [1.807, 2.05) is 19.1 Å². The summed E-state index contributed by atoms with van der Waals surface area (Å²) in [6, 6.07) is 8.69. The Bertz CT molecular complexity index is 857. The fraction of sp³-hybridized carbons (Fsp3) is 0.350. The Morgan fingerprint density at radius 2 is 1.78 bits per heavy atom. The highest BCUT2D eigenvalue weighted by atomic mass is 35.5. The van der Waals surface area contributed by atoms with Crippen molar-refractivity contribution in [1.82, 2.24) is 4.90 Å². The Kier molecular flexibility index (Phi) is 6.15. The zero-order valence-electron chi connectivity index (χ0n) is 15.5. The van der Waals surface area contributed by atoms with Gasteiger partial charge in [0, 0.05) is 18.1 Å². The van der Waals surface area contributed by atoms with Crippen LogP contribution in [0.25, 0.3) is 0 Å². The monoisotopic (exact) mass is 408 g/mol. The second-order valence-electron chi connectivity index (χ2n) is 6.49. The molecule has 0 aliphatic carbocycles. The molecule has 0 saturated heterocycles. The van der Waals surface area contributed by atoms with Gasteiger partial charge in [0.1, 0.15) is 0 Å². The van der Waals surface area contributed by atoms with Gasteiger partial charge in [-0.2, -0.15) is 0 Å². The molecule has 1 aliphatic heterocycles. The molecule has 0 radical (unpaired) electrons. The number of nitrogens with one attached hydrogen (secondary N) is 1. The summed E-state index contributed by atoms with van der Waals surface area (Å²) in [5, 5.41) is 3.85. The van der Waals surface area contributed by atoms with E-state index in [2.05, 4.69) is 10.2 Å². The maximum Gasteiger partial charge on any atom is 0.241 e. The molecule has 0 unspecified atom stereocenters. The standard InChI is InChI=1S/C20H22Cl2N2O3/c1-12(20(25)23-17-10-15(21)4-5-16(17)22)24-7-6-13-8-18(26-2)19(27-3)9-14(13)11-24/h4-5,8-10,12H,6-7,11H2,1-3H3,(H,23,25)/t12-/m0/s1. The van der Waals surface area contributed by atoms with Crippen molar-refractivity contribution < 1.29 is 14.3 Å². The first kappa shape index (κ1) is 19.8. The van der Waals surface area contributed by atoms with Crippen LogP contribution in [0.2, 0.25) is 10.0 Å². The van der Waals surface area contributed by atoms with Gasteiger partial charge in [0.2, 0.25) is 5.91 Å². The first-order valence-electron chi connectivity index (χ1n) is 8.66. The Morgan fingerprint density at radius 3 is 2.44 bits per heavy atom. The van der Waals surface area contributed by atoms with Gasteiger partial charge in [0.05, 0.1) is 31.0 Å². The molecule has 3 rings (SSSR count). The lowest BCUT2D eigenvalue weighted by atomic mass is 9.97. The van der Waals surface area contributed by atoms with Gasteiger partial charge in [-0.3, -0.25) is 9.69 Å². The van der Waals surface area contributed by atoms with E-state index in [1.165, 1.54) is 5.56 Å². The van der Waals surface area contributed by atoms with E-state index < -0.39 is 0 Å². The van der Waals surface area contributed by atoms with Gasteiger partial charge in [-0.15, -0.1) is 0 Å². The number of ether oxygens (including phenoxy) is 2. The number of benzene rings is 2. The fourth-order valence-corrected chi connectivity index (χ4v) is 3.57. The van der Waals surface area contributed by atoms with Crippen LogP contribution in [-0.2, 0) is 17.8 Å². The molecule has 144 valence electrons. The predicted molar refractivity (Wildman–Crippen MR) is 108 cm³/mol. The summed E-state index contributed by atoms with van der Waals surface area (Å²) in [4.78, 5) is 14.8. The second kappa shape index (κ2) is 8.38. The molecule has 0 bridgehead atoms. The average Bonchev–Trinajstić information content (AvgIpc) is 2.68. The number of nitrogens with zero attached hydrogens (tertiary/aromatic N) is 1. The van der Waals surface area contributed by atoms with Crippen LogP contribution >= 0.6 is 23.2 Å². The Labute approximate surface area is 169 Å². The molecule has 0 spiro atoms. The number of amides is 1. The molecule has 1 atom stereocenters. The minimum Gasteiger partial charge on any atom is -0.493 e. The zero-order valence-corrected chi connectivity index (χ0v) is 17.0. The van der Waals surface area contributed by atoms with E-state index >= 15 is 0 Å². The van der Waals surface area contributed by atoms with E-state index in [4.69, 9.17) is 32.7 Å². The molecule has 27 heavy (non-hydrogen) atoms. The van der Waals surface area contributed by atoms with Crippen LogP contribution in [0.5, 0.6) is 11.5 Å². The summed E-state index contributed by atoms with van der Waals surface area (Å²) >= 11 is 12.1.